The van der Waals surface area contributed by atoms with Crippen LogP contribution in [0.4, 0.5) is 0 Å². The number of pyridine rings is 1. The predicted molar refractivity (Wildman–Crippen MR) is 97.8 cm³/mol. The molecule has 3 rings (SSSR count). The Morgan fingerprint density at radius 1 is 1.24 bits per heavy atom. The van der Waals surface area contributed by atoms with Gasteiger partial charge in [0.25, 0.3) is 0 Å². The number of carboxylic acid groups (broad SMARTS) is 1. The van der Waals surface area contributed by atoms with E-state index in [-0.39, 0.29) is 17.1 Å². The SMILES string of the molecule is COc1cc(/C=C/c2cc(C(=O)O)c3ccccc3n2)cc(Br)c1[O-]. The van der Waals surface area contributed by atoms with Crippen LogP contribution in [-0.4, -0.2) is 23.2 Å². The monoisotopic (exact) mass is 398 g/mol. The van der Waals surface area contributed by atoms with E-state index in [1.54, 1.807) is 42.5 Å². The third-order valence-corrected chi connectivity index (χ3v) is 4.25. The molecule has 1 aromatic heterocycles. The average Bonchev–Trinajstić information content (AvgIpc) is 2.61. The number of aromatic carboxylic acids is 1. The maximum Gasteiger partial charge on any atom is 0.336 e. The Balaban J connectivity index is 2.05. The first-order valence-corrected chi connectivity index (χ1v) is 8.14. The fourth-order valence-electron chi connectivity index (χ4n) is 2.48. The maximum atomic E-state index is 11.8. The van der Waals surface area contributed by atoms with Crippen LogP contribution in [0.1, 0.15) is 21.6 Å². The van der Waals surface area contributed by atoms with E-state index in [1.807, 2.05) is 6.07 Å². The number of carboxylic acids is 1. The minimum absolute atomic E-state index is 0.193. The first-order valence-electron chi connectivity index (χ1n) is 7.35. The summed E-state index contributed by atoms with van der Waals surface area (Å²) in [7, 11) is 1.43. The summed E-state index contributed by atoms with van der Waals surface area (Å²) in [6, 6.07) is 11.9. The van der Waals surface area contributed by atoms with E-state index in [4.69, 9.17) is 4.74 Å². The molecule has 0 aliphatic heterocycles. The zero-order chi connectivity index (χ0) is 18.0. The van der Waals surface area contributed by atoms with Crippen molar-refractivity contribution in [3.63, 3.8) is 0 Å². The summed E-state index contributed by atoms with van der Waals surface area (Å²) >= 11 is 3.21. The zero-order valence-corrected chi connectivity index (χ0v) is 14.8. The van der Waals surface area contributed by atoms with E-state index >= 15 is 0 Å². The number of aromatic nitrogens is 1. The lowest BCUT2D eigenvalue weighted by molar-refractivity contribution is -0.271. The first kappa shape index (κ1) is 17.0. The topological polar surface area (TPSA) is 82.5 Å². The first-order chi connectivity index (χ1) is 12.0. The number of benzene rings is 2. The van der Waals surface area contributed by atoms with Gasteiger partial charge in [0.15, 0.2) is 0 Å². The van der Waals surface area contributed by atoms with Crippen LogP contribution >= 0.6 is 15.9 Å². The zero-order valence-electron chi connectivity index (χ0n) is 13.2. The molecule has 0 bridgehead atoms. The van der Waals surface area contributed by atoms with E-state index in [2.05, 4.69) is 20.9 Å². The second kappa shape index (κ2) is 6.94. The highest BCUT2D eigenvalue weighted by Crippen LogP contribution is 2.33. The molecule has 0 saturated carbocycles. The van der Waals surface area contributed by atoms with Gasteiger partial charge in [-0.2, -0.15) is 0 Å². The highest BCUT2D eigenvalue weighted by atomic mass is 79.9. The number of carbonyl (C=O) groups is 1. The Morgan fingerprint density at radius 3 is 2.72 bits per heavy atom. The van der Waals surface area contributed by atoms with Crippen LogP contribution in [-0.2, 0) is 0 Å². The smallest absolute Gasteiger partial charge is 0.336 e. The molecule has 0 amide bonds. The van der Waals surface area contributed by atoms with Gasteiger partial charge in [-0.3, -0.25) is 0 Å². The molecule has 1 N–H and O–H groups in total. The van der Waals surface area contributed by atoms with Crippen LogP contribution in [0.3, 0.4) is 0 Å². The highest BCUT2D eigenvalue weighted by Gasteiger charge is 2.10. The number of rotatable bonds is 4. The Hall–Kier alpha value is -2.86. The van der Waals surface area contributed by atoms with Gasteiger partial charge in [-0.15, -0.1) is 0 Å². The van der Waals surface area contributed by atoms with E-state index in [0.29, 0.717) is 21.1 Å². The molecule has 6 heteroatoms. The molecule has 0 unspecified atom stereocenters. The number of nitrogens with zero attached hydrogens (tertiary/aromatic N) is 1. The number of hydrogen-bond donors (Lipinski definition) is 1. The fraction of sp³-hybridized carbons (Fsp3) is 0.0526. The number of methoxy groups -OCH3 is 1. The Kier molecular flexibility index (Phi) is 4.72. The Labute approximate surface area is 152 Å². The molecule has 0 aliphatic carbocycles. The largest absolute Gasteiger partial charge is 0.869 e. The van der Waals surface area contributed by atoms with Gasteiger partial charge < -0.3 is 14.9 Å². The molecule has 0 spiro atoms. The normalized spacial score (nSPS) is 11.1. The van der Waals surface area contributed by atoms with Gasteiger partial charge >= 0.3 is 5.97 Å². The van der Waals surface area contributed by atoms with Gasteiger partial charge in [-0.25, -0.2) is 9.78 Å². The summed E-state index contributed by atoms with van der Waals surface area (Å²) in [5, 5.41) is 21.8. The number of ether oxygens (including phenoxy) is 1. The molecule has 0 radical (unpaired) electrons. The minimum atomic E-state index is -1.01. The molecule has 3 aromatic rings. The predicted octanol–water partition coefficient (Wildman–Crippen LogP) is 3.95. The van der Waals surface area contributed by atoms with Crippen molar-refractivity contribution in [2.75, 3.05) is 7.11 Å². The second-order valence-electron chi connectivity index (χ2n) is 5.28. The molecule has 126 valence electrons. The Morgan fingerprint density at radius 2 is 2.00 bits per heavy atom. The number of para-hydroxylation sites is 1. The van der Waals surface area contributed by atoms with Gasteiger partial charge in [-0.1, -0.05) is 46.0 Å². The lowest BCUT2D eigenvalue weighted by Gasteiger charge is -2.15. The standard InChI is InChI=1S/C19H14BrNO4/c1-25-17-9-11(8-15(20)18(17)22)6-7-12-10-14(19(23)24)13-4-2-3-5-16(13)21-12/h2-10,22H,1H3,(H,23,24)/p-1/b7-6+. The van der Waals surface area contributed by atoms with Gasteiger partial charge in [0.1, 0.15) is 5.75 Å². The summed E-state index contributed by atoms with van der Waals surface area (Å²) in [6.45, 7) is 0. The summed E-state index contributed by atoms with van der Waals surface area (Å²) in [5.74, 6) is -1.00. The molecule has 5 nitrogen and oxygen atoms in total. The second-order valence-corrected chi connectivity index (χ2v) is 6.14. The summed E-state index contributed by atoms with van der Waals surface area (Å²) in [4.78, 5) is 16.0. The Bertz CT molecular complexity index is 998. The van der Waals surface area contributed by atoms with Gasteiger partial charge in [0, 0.05) is 9.86 Å². The van der Waals surface area contributed by atoms with Crippen LogP contribution in [0.15, 0.2) is 46.9 Å². The van der Waals surface area contributed by atoms with Crippen molar-refractivity contribution in [1.82, 2.24) is 4.98 Å². The van der Waals surface area contributed by atoms with E-state index < -0.39 is 5.97 Å². The number of halogens is 1. The van der Waals surface area contributed by atoms with Crippen molar-refractivity contribution in [2.45, 2.75) is 0 Å². The molecular weight excluding hydrogens is 386 g/mol. The van der Waals surface area contributed by atoms with Crippen LogP contribution in [0.5, 0.6) is 11.5 Å². The summed E-state index contributed by atoms with van der Waals surface area (Å²) in [6.07, 6.45) is 3.44. The van der Waals surface area contributed by atoms with Crippen molar-refractivity contribution < 1.29 is 19.7 Å². The number of hydrogen-bond acceptors (Lipinski definition) is 4. The molecule has 0 aliphatic rings. The van der Waals surface area contributed by atoms with Gasteiger partial charge in [0.05, 0.1) is 23.9 Å². The van der Waals surface area contributed by atoms with Crippen LogP contribution in [0.2, 0.25) is 0 Å². The average molecular weight is 399 g/mol. The number of fused-ring (bicyclic) bond motifs is 1. The molecule has 0 atom stereocenters. The van der Waals surface area contributed by atoms with E-state index in [9.17, 15) is 15.0 Å². The lowest BCUT2D eigenvalue weighted by atomic mass is 10.1. The summed E-state index contributed by atoms with van der Waals surface area (Å²) < 4.78 is 5.45. The molecule has 1 heterocycles. The fourth-order valence-corrected chi connectivity index (χ4v) is 2.94. The lowest BCUT2D eigenvalue weighted by Crippen LogP contribution is -2.00. The van der Waals surface area contributed by atoms with Crippen molar-refractivity contribution in [1.29, 1.82) is 0 Å². The third-order valence-electron chi connectivity index (χ3n) is 3.66. The highest BCUT2D eigenvalue weighted by molar-refractivity contribution is 9.10. The van der Waals surface area contributed by atoms with Gasteiger partial charge in [0.2, 0.25) is 0 Å². The van der Waals surface area contributed by atoms with Crippen LogP contribution < -0.4 is 9.84 Å². The molecule has 2 aromatic carbocycles. The molecule has 0 fully saturated rings. The third kappa shape index (κ3) is 3.49. The minimum Gasteiger partial charge on any atom is -0.869 e. The van der Waals surface area contributed by atoms with Crippen molar-refractivity contribution in [3.05, 3.63) is 63.8 Å². The van der Waals surface area contributed by atoms with Crippen molar-refractivity contribution in [2.24, 2.45) is 0 Å². The van der Waals surface area contributed by atoms with E-state index in [1.165, 1.54) is 13.2 Å². The molecule has 25 heavy (non-hydrogen) atoms. The van der Waals surface area contributed by atoms with Crippen molar-refractivity contribution >= 4 is 45.0 Å². The molecular formula is C19H13BrNO4-. The van der Waals surface area contributed by atoms with Gasteiger partial charge in [-0.05, 0) is 35.9 Å². The maximum absolute atomic E-state index is 11.8. The van der Waals surface area contributed by atoms with E-state index in [0.717, 1.165) is 5.56 Å². The summed E-state index contributed by atoms with van der Waals surface area (Å²) in [5.41, 5.74) is 2.04. The molecule has 0 saturated heterocycles. The van der Waals surface area contributed by atoms with Crippen LogP contribution in [0.25, 0.3) is 23.1 Å². The quantitative estimate of drug-likeness (QED) is 0.719. The van der Waals surface area contributed by atoms with Crippen molar-refractivity contribution in [3.8, 4) is 11.5 Å². The van der Waals surface area contributed by atoms with Crippen LogP contribution in [0, 0.1) is 0 Å².